The topological polar surface area (TPSA) is 121 Å². The van der Waals surface area contributed by atoms with E-state index in [4.69, 9.17) is 0 Å². The van der Waals surface area contributed by atoms with Crippen LogP contribution >= 0.6 is 0 Å². The summed E-state index contributed by atoms with van der Waals surface area (Å²) in [6, 6.07) is 20.2. The maximum atomic E-state index is 12.9. The molecule has 8 nitrogen and oxygen atoms in total. The second-order valence-electron chi connectivity index (χ2n) is 7.00. The largest absolute Gasteiger partial charge is 0.364 e. The Balaban J connectivity index is 1.64. The van der Waals surface area contributed by atoms with Gasteiger partial charge in [-0.3, -0.25) is 9.82 Å². The predicted molar refractivity (Wildman–Crippen MR) is 120 cm³/mol. The van der Waals surface area contributed by atoms with Crippen LogP contribution in [0, 0.1) is 0 Å². The Morgan fingerprint density at radius 3 is 2.26 bits per heavy atom. The molecule has 10 heteroatoms. The van der Waals surface area contributed by atoms with E-state index in [-0.39, 0.29) is 9.79 Å². The number of rotatable bonds is 7. The maximum Gasteiger partial charge on any atom is 0.263 e. The van der Waals surface area contributed by atoms with Crippen molar-refractivity contribution in [3.05, 3.63) is 78.4 Å². The number of nitrogens with one attached hydrogen (secondary N) is 3. The molecule has 3 N–H and O–H groups in total. The number of benzene rings is 3. The molecule has 0 aliphatic rings. The first-order chi connectivity index (χ1) is 14.7. The van der Waals surface area contributed by atoms with Crippen LogP contribution in [0.1, 0.15) is 5.56 Å². The molecule has 0 aliphatic carbocycles. The lowest BCUT2D eigenvalue weighted by molar-refractivity contribution is 0.588. The number of sulfone groups is 1. The highest BCUT2D eigenvalue weighted by Crippen LogP contribution is 2.27. The summed E-state index contributed by atoms with van der Waals surface area (Å²) in [5, 5.41) is 11.1. The molecule has 31 heavy (non-hydrogen) atoms. The molecule has 1 aromatic heterocycles. The van der Waals surface area contributed by atoms with E-state index < -0.39 is 19.9 Å². The number of hydrogen-bond acceptors (Lipinski definition) is 6. The van der Waals surface area contributed by atoms with Crippen LogP contribution < -0.4 is 10.0 Å². The van der Waals surface area contributed by atoms with Crippen LogP contribution in [0.2, 0.25) is 0 Å². The summed E-state index contributed by atoms with van der Waals surface area (Å²) in [7, 11) is -7.85. The highest BCUT2D eigenvalue weighted by Gasteiger charge is 2.23. The maximum absolute atomic E-state index is 12.9. The highest BCUT2D eigenvalue weighted by atomic mass is 32.2. The van der Waals surface area contributed by atoms with Crippen molar-refractivity contribution in [1.82, 2.24) is 10.2 Å². The number of aromatic amines is 1. The monoisotopic (exact) mass is 456 g/mol. The van der Waals surface area contributed by atoms with Crippen molar-refractivity contribution in [2.24, 2.45) is 0 Å². The first-order valence-electron chi connectivity index (χ1n) is 9.32. The molecule has 0 spiro atoms. The van der Waals surface area contributed by atoms with Crippen molar-refractivity contribution in [3.8, 4) is 0 Å². The smallest absolute Gasteiger partial charge is 0.263 e. The van der Waals surface area contributed by atoms with Gasteiger partial charge in [0.15, 0.2) is 15.7 Å². The molecule has 0 saturated heterocycles. The molecule has 160 valence electrons. The zero-order valence-electron chi connectivity index (χ0n) is 16.5. The Kier molecular flexibility index (Phi) is 5.42. The van der Waals surface area contributed by atoms with Crippen LogP contribution in [0.5, 0.6) is 0 Å². The van der Waals surface area contributed by atoms with Crippen molar-refractivity contribution in [2.75, 3.05) is 16.3 Å². The normalized spacial score (nSPS) is 12.0. The molecular formula is C21H20N4O4S2. The number of fused-ring (bicyclic) bond motifs is 1. The molecule has 0 saturated carbocycles. The van der Waals surface area contributed by atoms with E-state index in [1.807, 2.05) is 30.3 Å². The molecule has 0 radical (unpaired) electrons. The fourth-order valence-electron chi connectivity index (χ4n) is 3.18. The van der Waals surface area contributed by atoms with Gasteiger partial charge in [-0.05, 0) is 35.9 Å². The van der Waals surface area contributed by atoms with E-state index in [1.54, 1.807) is 18.2 Å². The molecule has 0 aliphatic heterocycles. The fourth-order valence-corrected chi connectivity index (χ4v) is 5.86. The zero-order valence-corrected chi connectivity index (χ0v) is 18.2. The third-order valence-electron chi connectivity index (χ3n) is 4.66. The van der Waals surface area contributed by atoms with Gasteiger partial charge in [-0.25, -0.2) is 16.8 Å². The molecule has 0 atom stereocenters. The first-order valence-corrected chi connectivity index (χ1v) is 12.7. The highest BCUT2D eigenvalue weighted by molar-refractivity contribution is 7.95. The van der Waals surface area contributed by atoms with Gasteiger partial charge in [0.25, 0.3) is 10.0 Å². The van der Waals surface area contributed by atoms with E-state index in [1.165, 1.54) is 24.3 Å². The van der Waals surface area contributed by atoms with Gasteiger partial charge in [-0.15, -0.1) is 0 Å². The Hall–Kier alpha value is -3.37. The number of hydrogen-bond donors (Lipinski definition) is 3. The fraction of sp³-hybridized carbons (Fsp3) is 0.0952. The summed E-state index contributed by atoms with van der Waals surface area (Å²) in [6.07, 6.45) is 0.976. The first kappa shape index (κ1) is 20.9. The Morgan fingerprint density at radius 2 is 1.55 bits per heavy atom. The van der Waals surface area contributed by atoms with Crippen LogP contribution in [0.15, 0.2) is 82.6 Å². The second kappa shape index (κ2) is 8.05. The van der Waals surface area contributed by atoms with Gasteiger partial charge in [0.05, 0.1) is 10.4 Å². The minimum Gasteiger partial charge on any atom is -0.364 e. The molecule has 4 rings (SSSR count). The average Bonchev–Trinajstić information content (AvgIpc) is 3.14. The van der Waals surface area contributed by atoms with Gasteiger partial charge in [-0.2, -0.15) is 5.10 Å². The van der Waals surface area contributed by atoms with Gasteiger partial charge >= 0.3 is 0 Å². The van der Waals surface area contributed by atoms with Gasteiger partial charge in [-0.1, -0.05) is 42.5 Å². The number of H-pyrrole nitrogens is 1. The van der Waals surface area contributed by atoms with Gasteiger partial charge in [0.1, 0.15) is 4.90 Å². The summed E-state index contributed by atoms with van der Waals surface area (Å²) < 4.78 is 52.3. The summed E-state index contributed by atoms with van der Waals surface area (Å²) in [5.41, 5.74) is 2.10. The number of sulfonamides is 1. The lowest BCUT2D eigenvalue weighted by atomic mass is 10.2. The summed E-state index contributed by atoms with van der Waals surface area (Å²) >= 11 is 0. The molecule has 0 unspecified atom stereocenters. The van der Waals surface area contributed by atoms with Crippen molar-refractivity contribution in [1.29, 1.82) is 0 Å². The quantitative estimate of drug-likeness (QED) is 0.392. The van der Waals surface area contributed by atoms with E-state index in [0.29, 0.717) is 23.4 Å². The number of nitrogens with zero attached hydrogens (tertiary/aromatic N) is 1. The van der Waals surface area contributed by atoms with E-state index >= 15 is 0 Å². The third-order valence-corrected chi connectivity index (χ3v) is 7.38. The lowest BCUT2D eigenvalue weighted by Gasteiger charge is -2.11. The molecule has 0 amide bonds. The SMILES string of the molecule is CS(=O)(=O)c1ccccc1S(=O)(=O)Nc1ccc2[nH]nc(NCc3ccccc3)c2c1. The Morgan fingerprint density at radius 1 is 0.871 bits per heavy atom. The number of aromatic nitrogens is 2. The van der Waals surface area contributed by atoms with Crippen LogP contribution in [0.3, 0.4) is 0 Å². The van der Waals surface area contributed by atoms with Crippen LogP contribution in [0.25, 0.3) is 10.9 Å². The zero-order chi connectivity index (χ0) is 22.1. The van der Waals surface area contributed by atoms with Crippen molar-refractivity contribution >= 4 is 42.3 Å². The molecule has 0 fully saturated rings. The van der Waals surface area contributed by atoms with Gasteiger partial charge < -0.3 is 5.32 Å². The average molecular weight is 457 g/mol. The molecule has 3 aromatic carbocycles. The second-order valence-corrected chi connectivity index (χ2v) is 10.6. The lowest BCUT2D eigenvalue weighted by Crippen LogP contribution is -2.16. The van der Waals surface area contributed by atoms with E-state index in [2.05, 4.69) is 20.2 Å². The third kappa shape index (κ3) is 4.54. The molecule has 1 heterocycles. The minimum atomic E-state index is -4.13. The summed E-state index contributed by atoms with van der Waals surface area (Å²) in [5.74, 6) is 0.580. The Bertz CT molecular complexity index is 1450. The van der Waals surface area contributed by atoms with Gasteiger partial charge in [0, 0.05) is 23.9 Å². The Labute approximate surface area is 180 Å². The van der Waals surface area contributed by atoms with Crippen molar-refractivity contribution in [2.45, 2.75) is 16.3 Å². The predicted octanol–water partition coefficient (Wildman–Crippen LogP) is 3.38. The van der Waals surface area contributed by atoms with E-state index in [0.717, 1.165) is 17.3 Å². The minimum absolute atomic E-state index is 0.253. The standard InChI is InChI=1S/C21H20N4O4S2/c1-30(26,27)19-9-5-6-10-20(19)31(28,29)25-16-11-12-18-17(13-16)21(24-23-18)22-14-15-7-3-2-4-8-15/h2-13,25H,14H2,1H3,(H2,22,23,24). The van der Waals surface area contributed by atoms with Crippen LogP contribution in [-0.4, -0.2) is 33.3 Å². The molecule has 4 aromatic rings. The van der Waals surface area contributed by atoms with E-state index in [9.17, 15) is 16.8 Å². The summed E-state index contributed by atoms with van der Waals surface area (Å²) in [6.45, 7) is 0.554. The van der Waals surface area contributed by atoms with Gasteiger partial charge in [0.2, 0.25) is 0 Å². The van der Waals surface area contributed by atoms with Crippen LogP contribution in [0.4, 0.5) is 11.5 Å². The summed E-state index contributed by atoms with van der Waals surface area (Å²) in [4.78, 5) is -0.552. The molecule has 0 bridgehead atoms. The van der Waals surface area contributed by atoms with Crippen molar-refractivity contribution < 1.29 is 16.8 Å². The van der Waals surface area contributed by atoms with Crippen molar-refractivity contribution in [3.63, 3.8) is 0 Å². The van der Waals surface area contributed by atoms with Crippen LogP contribution in [-0.2, 0) is 26.4 Å². The molecular weight excluding hydrogens is 436 g/mol. The number of anilines is 2.